The normalized spacial score (nSPS) is 19.0. The van der Waals surface area contributed by atoms with E-state index in [0.717, 1.165) is 6.42 Å². The van der Waals surface area contributed by atoms with E-state index in [4.69, 9.17) is 0 Å². The highest BCUT2D eigenvalue weighted by Gasteiger charge is 2.22. The van der Waals surface area contributed by atoms with Crippen molar-refractivity contribution in [1.29, 1.82) is 0 Å². The van der Waals surface area contributed by atoms with Crippen LogP contribution in [0.25, 0.3) is 17.2 Å². The van der Waals surface area contributed by atoms with E-state index >= 15 is 0 Å². The summed E-state index contributed by atoms with van der Waals surface area (Å²) in [5.41, 5.74) is 8.76. The van der Waals surface area contributed by atoms with E-state index in [1.807, 2.05) is 0 Å². The highest BCUT2D eigenvalue weighted by molar-refractivity contribution is 5.80. The van der Waals surface area contributed by atoms with Crippen LogP contribution in [0.15, 0.2) is 42.5 Å². The Morgan fingerprint density at radius 3 is 2.82 bits per heavy atom. The molecule has 0 saturated heterocycles. The molecule has 4 rings (SSSR count). The number of rotatable bonds is 0. The summed E-state index contributed by atoms with van der Waals surface area (Å²) in [5.74, 6) is 0.572. The summed E-state index contributed by atoms with van der Waals surface area (Å²) in [6.45, 7) is 2.27. The van der Waals surface area contributed by atoms with Crippen LogP contribution in [0.4, 0.5) is 0 Å². The first-order chi connectivity index (χ1) is 8.33. The summed E-state index contributed by atoms with van der Waals surface area (Å²) < 4.78 is 0. The lowest BCUT2D eigenvalue weighted by molar-refractivity contribution is 0.989. The van der Waals surface area contributed by atoms with Crippen LogP contribution in [0.5, 0.6) is 0 Å². The van der Waals surface area contributed by atoms with Gasteiger partial charge in [0.15, 0.2) is 0 Å². The second-order valence-electron chi connectivity index (χ2n) is 5.12. The Kier molecular flexibility index (Phi) is 1.69. The summed E-state index contributed by atoms with van der Waals surface area (Å²) in [6, 6.07) is 13.6. The molecular weight excluding hydrogens is 204 g/mol. The van der Waals surface area contributed by atoms with Crippen molar-refractivity contribution in [3.05, 3.63) is 64.7 Å². The van der Waals surface area contributed by atoms with Crippen LogP contribution in [0.2, 0.25) is 0 Å². The lowest BCUT2D eigenvalue weighted by Gasteiger charge is -2.08. The fourth-order valence-corrected chi connectivity index (χ4v) is 3.11. The Hall–Kier alpha value is -1.82. The molecule has 1 atom stereocenters. The minimum atomic E-state index is 0.572. The molecule has 0 heterocycles. The Balaban J connectivity index is 1.98. The molecule has 0 aromatic heterocycles. The lowest BCUT2D eigenvalue weighted by Crippen LogP contribution is -1.90. The van der Waals surface area contributed by atoms with Gasteiger partial charge in [-0.1, -0.05) is 49.4 Å². The molecule has 2 aliphatic carbocycles. The smallest absolute Gasteiger partial charge is 0.0000951 e. The summed E-state index contributed by atoms with van der Waals surface area (Å²) in [7, 11) is 0. The van der Waals surface area contributed by atoms with Gasteiger partial charge in [0.05, 0.1) is 0 Å². The standard InChI is InChI=1S/C17H14/c1-11-6-7-13-9-14-8-12-4-2-3-5-15(12)17(14)10-16(11)13/h2-7,9-11H,8H2,1H3. The third-order valence-corrected chi connectivity index (χ3v) is 4.05. The van der Waals surface area contributed by atoms with Crippen molar-refractivity contribution < 1.29 is 0 Å². The topological polar surface area (TPSA) is 0 Å². The van der Waals surface area contributed by atoms with Crippen LogP contribution in [-0.4, -0.2) is 0 Å². The van der Waals surface area contributed by atoms with Gasteiger partial charge in [0.25, 0.3) is 0 Å². The average Bonchev–Trinajstić information content (AvgIpc) is 2.88. The maximum absolute atomic E-state index is 2.40. The van der Waals surface area contributed by atoms with Gasteiger partial charge in [-0.25, -0.2) is 0 Å². The second kappa shape index (κ2) is 3.10. The molecule has 0 heteroatoms. The van der Waals surface area contributed by atoms with Gasteiger partial charge in [0.2, 0.25) is 0 Å². The van der Waals surface area contributed by atoms with Gasteiger partial charge in [-0.3, -0.25) is 0 Å². The van der Waals surface area contributed by atoms with Crippen LogP contribution in [-0.2, 0) is 6.42 Å². The Morgan fingerprint density at radius 2 is 1.88 bits per heavy atom. The highest BCUT2D eigenvalue weighted by atomic mass is 14.3. The number of fused-ring (bicyclic) bond motifs is 4. The van der Waals surface area contributed by atoms with Crippen LogP contribution < -0.4 is 0 Å². The van der Waals surface area contributed by atoms with Crippen molar-refractivity contribution >= 4 is 6.08 Å². The number of hydrogen-bond acceptors (Lipinski definition) is 0. The first-order valence-electron chi connectivity index (χ1n) is 6.26. The first kappa shape index (κ1) is 9.23. The van der Waals surface area contributed by atoms with E-state index in [9.17, 15) is 0 Å². The van der Waals surface area contributed by atoms with Gasteiger partial charge in [0.1, 0.15) is 0 Å². The van der Waals surface area contributed by atoms with Crippen LogP contribution in [0, 0.1) is 0 Å². The molecule has 82 valence electrons. The van der Waals surface area contributed by atoms with Gasteiger partial charge in [-0.05, 0) is 51.8 Å². The van der Waals surface area contributed by atoms with Crippen molar-refractivity contribution in [2.45, 2.75) is 19.3 Å². The predicted molar refractivity (Wildman–Crippen MR) is 72.1 cm³/mol. The van der Waals surface area contributed by atoms with Crippen molar-refractivity contribution in [2.75, 3.05) is 0 Å². The van der Waals surface area contributed by atoms with Crippen molar-refractivity contribution in [3.63, 3.8) is 0 Å². The lowest BCUT2D eigenvalue weighted by atomic mass is 9.96. The highest BCUT2D eigenvalue weighted by Crippen LogP contribution is 2.41. The van der Waals surface area contributed by atoms with Crippen LogP contribution >= 0.6 is 0 Å². The average molecular weight is 218 g/mol. The van der Waals surface area contributed by atoms with Gasteiger partial charge >= 0.3 is 0 Å². The molecule has 0 N–H and O–H groups in total. The zero-order valence-corrected chi connectivity index (χ0v) is 9.90. The molecule has 2 aromatic rings. The molecule has 0 saturated carbocycles. The van der Waals surface area contributed by atoms with Crippen LogP contribution in [0.3, 0.4) is 0 Å². The van der Waals surface area contributed by atoms with Gasteiger partial charge in [0, 0.05) is 0 Å². The SMILES string of the molecule is CC1C=Cc2cc3c(cc21)-c1ccccc1C3. The molecule has 2 aliphatic rings. The molecule has 0 aliphatic heterocycles. The quantitative estimate of drug-likeness (QED) is 0.525. The van der Waals surface area contributed by atoms with E-state index in [2.05, 4.69) is 55.5 Å². The Labute approximate surface area is 102 Å². The third-order valence-electron chi connectivity index (χ3n) is 4.05. The zero-order chi connectivity index (χ0) is 11.4. The molecule has 0 bridgehead atoms. The summed E-state index contributed by atoms with van der Waals surface area (Å²) in [4.78, 5) is 0. The number of benzene rings is 2. The van der Waals surface area contributed by atoms with Crippen molar-refractivity contribution in [3.8, 4) is 11.1 Å². The van der Waals surface area contributed by atoms with Gasteiger partial charge < -0.3 is 0 Å². The molecule has 0 spiro atoms. The third kappa shape index (κ3) is 1.18. The van der Waals surface area contributed by atoms with E-state index in [1.54, 1.807) is 0 Å². The molecule has 1 unspecified atom stereocenters. The van der Waals surface area contributed by atoms with Gasteiger partial charge in [-0.2, -0.15) is 0 Å². The maximum Gasteiger partial charge on any atom is -0.0000951 e. The summed E-state index contributed by atoms with van der Waals surface area (Å²) >= 11 is 0. The first-order valence-corrected chi connectivity index (χ1v) is 6.26. The fraction of sp³-hybridized carbons (Fsp3) is 0.176. The molecule has 0 fully saturated rings. The van der Waals surface area contributed by atoms with Crippen molar-refractivity contribution in [1.82, 2.24) is 0 Å². The largest absolute Gasteiger partial charge is 0.0767 e. The monoisotopic (exact) mass is 218 g/mol. The maximum atomic E-state index is 2.40. The molecule has 0 amide bonds. The Bertz CT molecular complexity index is 647. The fourth-order valence-electron chi connectivity index (χ4n) is 3.11. The van der Waals surface area contributed by atoms with Crippen molar-refractivity contribution in [2.24, 2.45) is 0 Å². The molecule has 17 heavy (non-hydrogen) atoms. The van der Waals surface area contributed by atoms with Crippen LogP contribution in [0.1, 0.15) is 35.1 Å². The second-order valence-corrected chi connectivity index (χ2v) is 5.12. The molecule has 0 nitrogen and oxygen atoms in total. The molecule has 2 aromatic carbocycles. The minimum Gasteiger partial charge on any atom is -0.0767 e. The van der Waals surface area contributed by atoms with E-state index < -0.39 is 0 Å². The molecular formula is C17H14. The number of allylic oxidation sites excluding steroid dienone is 1. The Morgan fingerprint density at radius 1 is 1.00 bits per heavy atom. The predicted octanol–water partition coefficient (Wildman–Crippen LogP) is 4.39. The van der Waals surface area contributed by atoms with Gasteiger partial charge in [-0.15, -0.1) is 0 Å². The van der Waals surface area contributed by atoms with E-state index in [0.29, 0.717) is 5.92 Å². The number of hydrogen-bond donors (Lipinski definition) is 0. The van der Waals surface area contributed by atoms with E-state index in [-0.39, 0.29) is 0 Å². The summed E-state index contributed by atoms with van der Waals surface area (Å²) in [5, 5.41) is 0. The minimum absolute atomic E-state index is 0.572. The summed E-state index contributed by atoms with van der Waals surface area (Å²) in [6.07, 6.45) is 5.66. The van der Waals surface area contributed by atoms with E-state index in [1.165, 1.54) is 33.4 Å². The molecule has 0 radical (unpaired) electrons. The zero-order valence-electron chi connectivity index (χ0n) is 9.90.